The number of aromatic nitrogens is 1. The van der Waals surface area contributed by atoms with Crippen LogP contribution in [-0.2, 0) is 11.5 Å². The van der Waals surface area contributed by atoms with E-state index in [1.54, 1.807) is 37.0 Å². The van der Waals surface area contributed by atoms with Crippen molar-refractivity contribution >= 4 is 34.2 Å². The summed E-state index contributed by atoms with van der Waals surface area (Å²) in [5.41, 5.74) is 2.42. The Morgan fingerprint density at radius 2 is 1.77 bits per heavy atom. The van der Waals surface area contributed by atoms with E-state index in [9.17, 15) is 9.59 Å². The van der Waals surface area contributed by atoms with Crippen LogP contribution in [-0.4, -0.2) is 31.4 Å². The summed E-state index contributed by atoms with van der Waals surface area (Å²) in [6.07, 6.45) is 0. The molecule has 1 N–H and O–H groups in total. The van der Waals surface area contributed by atoms with Crippen LogP contribution in [0.5, 0.6) is 11.5 Å². The maximum atomic E-state index is 13.2. The third-order valence-electron chi connectivity index (χ3n) is 5.19. The van der Waals surface area contributed by atoms with Crippen LogP contribution in [0.4, 0.5) is 11.4 Å². The molecular formula is C21H18N4O4S. The minimum absolute atomic E-state index is 0.224. The van der Waals surface area contributed by atoms with Crippen LogP contribution < -0.4 is 34.6 Å². The highest BCUT2D eigenvalue weighted by Crippen LogP contribution is 2.33. The first kappa shape index (κ1) is 18.4. The third-order valence-corrected chi connectivity index (χ3v) is 6.30. The molecule has 1 amide bonds. The molecule has 0 atom stereocenters. The van der Waals surface area contributed by atoms with Gasteiger partial charge in [-0.2, -0.15) is 0 Å². The number of fused-ring (bicyclic) bond motifs is 2. The molecular weight excluding hydrogens is 404 g/mol. The lowest BCUT2D eigenvalue weighted by Gasteiger charge is -2.25. The van der Waals surface area contributed by atoms with Gasteiger partial charge in [0, 0.05) is 16.9 Å². The minimum Gasteiger partial charge on any atom is -0.497 e. The average Bonchev–Trinajstić information content (AvgIpc) is 3.28. The van der Waals surface area contributed by atoms with E-state index in [-0.39, 0.29) is 11.5 Å². The molecule has 9 heteroatoms. The molecule has 3 aromatic rings. The van der Waals surface area contributed by atoms with Gasteiger partial charge in [-0.1, -0.05) is 11.3 Å². The molecule has 8 nitrogen and oxygen atoms in total. The number of ether oxygens (including phenoxy) is 2. The summed E-state index contributed by atoms with van der Waals surface area (Å²) in [6, 6.07) is 12.9. The van der Waals surface area contributed by atoms with E-state index in [0.29, 0.717) is 45.2 Å². The van der Waals surface area contributed by atoms with Gasteiger partial charge in [0.05, 0.1) is 19.8 Å². The molecule has 5 rings (SSSR count). The first-order chi connectivity index (χ1) is 14.6. The largest absolute Gasteiger partial charge is 0.497 e. The van der Waals surface area contributed by atoms with Gasteiger partial charge in [-0.25, -0.2) is 4.99 Å². The third kappa shape index (κ3) is 2.86. The summed E-state index contributed by atoms with van der Waals surface area (Å²) in [4.78, 5) is 33.0. The number of benzene rings is 2. The normalized spacial score (nSPS) is 16.5. The van der Waals surface area contributed by atoms with Crippen molar-refractivity contribution in [3.8, 4) is 11.5 Å². The van der Waals surface area contributed by atoms with E-state index in [1.807, 2.05) is 29.2 Å². The number of thiazole rings is 1. The zero-order valence-electron chi connectivity index (χ0n) is 16.3. The molecule has 30 heavy (non-hydrogen) atoms. The number of hydrogen-bond donors (Lipinski definition) is 1. The van der Waals surface area contributed by atoms with Crippen molar-refractivity contribution in [2.45, 2.75) is 6.67 Å². The monoisotopic (exact) mass is 422 g/mol. The quantitative estimate of drug-likeness (QED) is 0.684. The van der Waals surface area contributed by atoms with Crippen molar-refractivity contribution in [1.82, 2.24) is 4.57 Å². The zero-order valence-corrected chi connectivity index (χ0v) is 17.2. The first-order valence-electron chi connectivity index (χ1n) is 9.26. The van der Waals surface area contributed by atoms with Gasteiger partial charge in [-0.15, -0.1) is 0 Å². The van der Waals surface area contributed by atoms with Crippen molar-refractivity contribution in [3.63, 3.8) is 0 Å². The molecule has 0 saturated heterocycles. The van der Waals surface area contributed by atoms with Crippen molar-refractivity contribution < 1.29 is 14.3 Å². The molecule has 3 heterocycles. The summed E-state index contributed by atoms with van der Waals surface area (Å²) < 4.78 is 12.5. The second-order valence-corrected chi connectivity index (χ2v) is 7.84. The van der Waals surface area contributed by atoms with Crippen molar-refractivity contribution in [1.29, 1.82) is 0 Å². The highest BCUT2D eigenvalue weighted by Gasteiger charge is 2.28. The number of anilines is 2. The van der Waals surface area contributed by atoms with Crippen LogP contribution in [0.15, 0.2) is 52.3 Å². The summed E-state index contributed by atoms with van der Waals surface area (Å²) in [5.74, 6) is 1.10. The van der Waals surface area contributed by atoms with Crippen molar-refractivity contribution in [2.24, 2.45) is 4.99 Å². The Balaban J connectivity index is 1.60. The number of carbonyl (C=O) groups is 1. The Kier molecular flexibility index (Phi) is 4.32. The number of carbonyl (C=O) groups excluding carboxylic acids is 1. The molecule has 2 aromatic carbocycles. The zero-order chi connectivity index (χ0) is 20.8. The fourth-order valence-corrected chi connectivity index (χ4v) is 4.67. The summed E-state index contributed by atoms with van der Waals surface area (Å²) in [7, 11) is 3.19. The molecule has 152 valence electrons. The standard InChI is InChI=1S/C21H18N4O4S/c1-28-13-5-3-12(4-6-13)24-10-22-21-25(11-24)20(27)18(30-21)17-15-9-14(29-2)7-8-16(15)23-19(17)26/h3-9H,10-11H2,1-2H3,(H,23,26)/b18-17-. The molecule has 0 spiro atoms. The summed E-state index contributed by atoms with van der Waals surface area (Å²) >= 11 is 1.24. The molecule has 0 radical (unpaired) electrons. The van der Waals surface area contributed by atoms with Crippen LogP contribution >= 0.6 is 11.3 Å². The Bertz CT molecular complexity index is 1340. The van der Waals surface area contributed by atoms with Gasteiger partial charge < -0.3 is 19.7 Å². The fraction of sp³-hybridized carbons (Fsp3) is 0.190. The van der Waals surface area contributed by atoms with E-state index in [0.717, 1.165) is 11.4 Å². The van der Waals surface area contributed by atoms with Crippen LogP contribution in [0.25, 0.3) is 5.57 Å². The molecule has 0 saturated carbocycles. The highest BCUT2D eigenvalue weighted by molar-refractivity contribution is 7.07. The lowest BCUT2D eigenvalue weighted by molar-refractivity contribution is -0.110. The van der Waals surface area contributed by atoms with Crippen molar-refractivity contribution in [2.75, 3.05) is 31.1 Å². The van der Waals surface area contributed by atoms with Gasteiger partial charge in [0.2, 0.25) is 0 Å². The molecule has 0 unspecified atom stereocenters. The van der Waals surface area contributed by atoms with E-state index in [4.69, 9.17) is 9.47 Å². The fourth-order valence-electron chi connectivity index (χ4n) is 3.62. The number of nitrogens with zero attached hydrogens (tertiary/aromatic N) is 3. The van der Waals surface area contributed by atoms with Crippen LogP contribution in [0, 0.1) is 0 Å². The molecule has 2 aliphatic heterocycles. The first-order valence-corrected chi connectivity index (χ1v) is 10.1. The van der Waals surface area contributed by atoms with Gasteiger partial charge in [-0.05, 0) is 42.5 Å². The molecule has 0 fully saturated rings. The van der Waals surface area contributed by atoms with Crippen LogP contribution in [0.2, 0.25) is 0 Å². The van der Waals surface area contributed by atoms with E-state index in [2.05, 4.69) is 10.3 Å². The van der Waals surface area contributed by atoms with Crippen LogP contribution in [0.3, 0.4) is 0 Å². The summed E-state index contributed by atoms with van der Waals surface area (Å²) in [5, 5.41) is 2.82. The average molecular weight is 422 g/mol. The molecule has 2 aliphatic rings. The Labute approximate surface area is 175 Å². The minimum atomic E-state index is -0.290. The maximum absolute atomic E-state index is 13.2. The lowest BCUT2D eigenvalue weighted by atomic mass is 10.1. The highest BCUT2D eigenvalue weighted by atomic mass is 32.1. The van der Waals surface area contributed by atoms with E-state index < -0.39 is 0 Å². The van der Waals surface area contributed by atoms with Gasteiger partial charge >= 0.3 is 0 Å². The Morgan fingerprint density at radius 1 is 1.03 bits per heavy atom. The smallest absolute Gasteiger partial charge is 0.272 e. The van der Waals surface area contributed by atoms with Gasteiger partial charge in [-0.3, -0.25) is 14.2 Å². The lowest BCUT2D eigenvalue weighted by Crippen LogP contribution is -2.43. The second-order valence-electron chi connectivity index (χ2n) is 6.87. The van der Waals surface area contributed by atoms with Gasteiger partial charge in [0.1, 0.15) is 29.4 Å². The number of hydrogen-bond acceptors (Lipinski definition) is 7. The SMILES string of the molecule is COc1ccc(N2CN=c3s/c(=C4\C(=O)Nc5ccc(OC)cc54)c(=O)n3C2)cc1. The maximum Gasteiger partial charge on any atom is 0.272 e. The molecule has 0 aliphatic carbocycles. The van der Waals surface area contributed by atoms with Crippen LogP contribution in [0.1, 0.15) is 5.56 Å². The summed E-state index contributed by atoms with van der Waals surface area (Å²) in [6.45, 7) is 0.790. The Morgan fingerprint density at radius 3 is 2.50 bits per heavy atom. The Hall–Kier alpha value is -3.59. The number of nitrogens with one attached hydrogen (secondary N) is 1. The van der Waals surface area contributed by atoms with Gasteiger partial charge in [0.15, 0.2) is 4.80 Å². The van der Waals surface area contributed by atoms with E-state index >= 15 is 0 Å². The predicted molar refractivity (Wildman–Crippen MR) is 114 cm³/mol. The predicted octanol–water partition coefficient (Wildman–Crippen LogP) is 1.13. The number of methoxy groups -OCH3 is 2. The number of amides is 1. The molecule has 0 bridgehead atoms. The second kappa shape index (κ2) is 7.03. The number of rotatable bonds is 3. The van der Waals surface area contributed by atoms with E-state index in [1.165, 1.54) is 11.3 Å². The topological polar surface area (TPSA) is 85.2 Å². The van der Waals surface area contributed by atoms with Crippen molar-refractivity contribution in [3.05, 3.63) is 67.7 Å². The molecule has 1 aromatic heterocycles. The van der Waals surface area contributed by atoms with Gasteiger partial charge in [0.25, 0.3) is 11.5 Å².